The van der Waals surface area contributed by atoms with E-state index in [-0.39, 0.29) is 18.0 Å². The minimum absolute atomic E-state index is 0.0696. The second kappa shape index (κ2) is 8.05. The van der Waals surface area contributed by atoms with E-state index in [4.69, 9.17) is 21.3 Å². The number of hydrogen-bond donors (Lipinski definition) is 2. The second-order valence-electron chi connectivity index (χ2n) is 6.74. The molecule has 0 saturated carbocycles. The number of phenolic OH excluding ortho intramolecular Hbond substituents is 1. The molecule has 1 aliphatic heterocycles. The van der Waals surface area contributed by atoms with Gasteiger partial charge in [0.05, 0.1) is 7.11 Å². The Labute approximate surface area is 169 Å². The number of halogens is 1. The van der Waals surface area contributed by atoms with Gasteiger partial charge in [0.2, 0.25) is 0 Å². The maximum atomic E-state index is 10.4. The van der Waals surface area contributed by atoms with Crippen molar-refractivity contribution in [3.63, 3.8) is 0 Å². The molecule has 0 radical (unpaired) electrons. The Balaban J connectivity index is 1.74. The number of para-hydroxylation sites is 1. The molecule has 28 heavy (non-hydrogen) atoms. The number of phenols is 1. The number of nitrogens with zero attached hydrogens (tertiary/aromatic N) is 1. The van der Waals surface area contributed by atoms with Crippen LogP contribution in [0.4, 0.5) is 0 Å². The molecule has 4 rings (SSSR count). The molecule has 2 atom stereocenters. The fraction of sp³-hybridized carbons (Fsp3) is 0.174. The third-order valence-corrected chi connectivity index (χ3v) is 5.18. The highest BCUT2D eigenvalue weighted by Gasteiger charge is 2.27. The summed E-state index contributed by atoms with van der Waals surface area (Å²) < 4.78 is 5.27. The first-order valence-corrected chi connectivity index (χ1v) is 9.52. The van der Waals surface area contributed by atoms with Crippen LogP contribution in [0.1, 0.15) is 35.3 Å². The summed E-state index contributed by atoms with van der Waals surface area (Å²) in [4.78, 5) is 4.95. The average Bonchev–Trinajstić information content (AvgIpc) is 2.74. The Hall–Kier alpha value is -2.82. The summed E-state index contributed by atoms with van der Waals surface area (Å²) in [6.07, 6.45) is 0.412. The second-order valence-corrected chi connectivity index (χ2v) is 7.18. The molecular weight excluding hydrogens is 372 g/mol. The van der Waals surface area contributed by atoms with Crippen molar-refractivity contribution in [2.24, 2.45) is 4.99 Å². The van der Waals surface area contributed by atoms with Crippen LogP contribution in [0.2, 0.25) is 5.02 Å². The SMILES string of the molecule is COc1ccc(C2=N[C@H](c3cccc(Cl)c3)N[C@@H](c3ccccc3O)C2)cc1. The molecule has 0 saturated heterocycles. The zero-order valence-electron chi connectivity index (χ0n) is 15.5. The number of methoxy groups -OCH3 is 1. The van der Waals surface area contributed by atoms with E-state index >= 15 is 0 Å². The molecule has 0 fully saturated rings. The highest BCUT2D eigenvalue weighted by molar-refractivity contribution is 6.30. The highest BCUT2D eigenvalue weighted by atomic mass is 35.5. The van der Waals surface area contributed by atoms with Crippen LogP contribution in [0.25, 0.3) is 0 Å². The fourth-order valence-electron chi connectivity index (χ4n) is 3.49. The van der Waals surface area contributed by atoms with Crippen LogP contribution in [0.5, 0.6) is 11.5 Å². The van der Waals surface area contributed by atoms with Gasteiger partial charge in [0, 0.05) is 28.8 Å². The molecule has 4 nitrogen and oxygen atoms in total. The summed E-state index contributed by atoms with van der Waals surface area (Å²) in [5.74, 6) is 1.09. The Bertz CT molecular complexity index is 1000. The van der Waals surface area contributed by atoms with Crippen molar-refractivity contribution in [1.29, 1.82) is 0 Å². The third kappa shape index (κ3) is 3.88. The number of nitrogens with one attached hydrogen (secondary N) is 1. The van der Waals surface area contributed by atoms with Gasteiger partial charge in [0.25, 0.3) is 0 Å². The van der Waals surface area contributed by atoms with Gasteiger partial charge in [-0.15, -0.1) is 0 Å². The Morgan fingerprint density at radius 3 is 2.54 bits per heavy atom. The van der Waals surface area contributed by atoms with Gasteiger partial charge in [-0.25, -0.2) is 0 Å². The maximum Gasteiger partial charge on any atom is 0.126 e. The molecule has 0 aliphatic carbocycles. The van der Waals surface area contributed by atoms with Gasteiger partial charge < -0.3 is 9.84 Å². The van der Waals surface area contributed by atoms with Crippen molar-refractivity contribution >= 4 is 17.3 Å². The first-order valence-electron chi connectivity index (χ1n) is 9.14. The van der Waals surface area contributed by atoms with Crippen molar-refractivity contribution in [2.75, 3.05) is 7.11 Å². The van der Waals surface area contributed by atoms with Gasteiger partial charge in [-0.1, -0.05) is 41.9 Å². The van der Waals surface area contributed by atoms with Gasteiger partial charge in [0.15, 0.2) is 0 Å². The smallest absolute Gasteiger partial charge is 0.126 e. The van der Waals surface area contributed by atoms with Crippen LogP contribution in [0, 0.1) is 0 Å². The first kappa shape index (κ1) is 18.5. The average molecular weight is 393 g/mol. The molecule has 0 amide bonds. The number of aliphatic imine (C=N–C) groups is 1. The quantitative estimate of drug-likeness (QED) is 0.635. The number of ether oxygens (including phenoxy) is 1. The molecule has 0 bridgehead atoms. The van der Waals surface area contributed by atoms with Gasteiger partial charge in [-0.05, 0) is 53.6 Å². The molecule has 5 heteroatoms. The summed E-state index contributed by atoms with van der Waals surface area (Å²) in [5, 5.41) is 14.6. The van der Waals surface area contributed by atoms with E-state index < -0.39 is 0 Å². The molecule has 1 heterocycles. The molecule has 1 aliphatic rings. The minimum atomic E-state index is -0.255. The fourth-order valence-corrected chi connectivity index (χ4v) is 3.69. The van der Waals surface area contributed by atoms with Crippen LogP contribution in [-0.4, -0.2) is 17.9 Å². The predicted octanol–water partition coefficient (Wildman–Crippen LogP) is 5.28. The lowest BCUT2D eigenvalue weighted by molar-refractivity contribution is 0.412. The molecular formula is C23H21ClN2O2. The monoisotopic (exact) mass is 392 g/mol. The number of hydrogen-bond acceptors (Lipinski definition) is 4. The first-order chi connectivity index (χ1) is 13.6. The van der Waals surface area contributed by atoms with Crippen molar-refractivity contribution in [3.05, 3.63) is 94.5 Å². The third-order valence-electron chi connectivity index (χ3n) is 4.94. The molecule has 0 spiro atoms. The van der Waals surface area contributed by atoms with E-state index in [0.29, 0.717) is 11.4 Å². The zero-order chi connectivity index (χ0) is 19.5. The highest BCUT2D eigenvalue weighted by Crippen LogP contribution is 2.34. The molecule has 0 unspecified atom stereocenters. The van der Waals surface area contributed by atoms with E-state index in [0.717, 1.165) is 28.2 Å². The van der Waals surface area contributed by atoms with Crippen molar-refractivity contribution < 1.29 is 9.84 Å². The lowest BCUT2D eigenvalue weighted by Gasteiger charge is -2.31. The zero-order valence-corrected chi connectivity index (χ0v) is 16.2. The van der Waals surface area contributed by atoms with Crippen molar-refractivity contribution in [1.82, 2.24) is 5.32 Å². The van der Waals surface area contributed by atoms with Crippen molar-refractivity contribution in [2.45, 2.75) is 18.6 Å². The van der Waals surface area contributed by atoms with Crippen molar-refractivity contribution in [3.8, 4) is 11.5 Å². The summed E-state index contributed by atoms with van der Waals surface area (Å²) in [6, 6.07) is 22.9. The summed E-state index contributed by atoms with van der Waals surface area (Å²) in [5.41, 5.74) is 3.85. The van der Waals surface area contributed by atoms with E-state index in [1.807, 2.05) is 66.7 Å². The number of rotatable bonds is 4. The van der Waals surface area contributed by atoms with E-state index in [1.165, 1.54) is 0 Å². The normalized spacial score (nSPS) is 19.1. The molecule has 0 aromatic heterocycles. The molecule has 142 valence electrons. The number of benzene rings is 3. The minimum Gasteiger partial charge on any atom is -0.508 e. The summed E-state index contributed by atoms with van der Waals surface area (Å²) in [6.45, 7) is 0. The van der Waals surface area contributed by atoms with Crippen LogP contribution >= 0.6 is 11.6 Å². The van der Waals surface area contributed by atoms with Crippen LogP contribution in [-0.2, 0) is 0 Å². The standard InChI is InChI=1S/C23H21ClN2O2/c1-28-18-11-9-15(10-12-18)20-14-21(19-7-2-3-8-22(19)27)26-23(25-20)16-5-4-6-17(24)13-16/h2-13,21,23,26-27H,14H2,1H3/t21-,23+/m1/s1. The van der Waals surface area contributed by atoms with Gasteiger partial charge in [-0.3, -0.25) is 10.3 Å². The lowest BCUT2D eigenvalue weighted by atomic mass is 9.93. The Kier molecular flexibility index (Phi) is 5.33. The van der Waals surface area contributed by atoms with E-state index in [1.54, 1.807) is 13.2 Å². The Morgan fingerprint density at radius 2 is 1.82 bits per heavy atom. The van der Waals surface area contributed by atoms with E-state index in [2.05, 4.69) is 5.32 Å². The number of aromatic hydroxyl groups is 1. The summed E-state index contributed by atoms with van der Waals surface area (Å²) in [7, 11) is 1.65. The van der Waals surface area contributed by atoms with Crippen LogP contribution in [0.15, 0.2) is 77.8 Å². The topological polar surface area (TPSA) is 53.8 Å². The predicted molar refractivity (Wildman–Crippen MR) is 112 cm³/mol. The van der Waals surface area contributed by atoms with E-state index in [9.17, 15) is 5.11 Å². The largest absolute Gasteiger partial charge is 0.508 e. The molecule has 3 aromatic carbocycles. The lowest BCUT2D eigenvalue weighted by Crippen LogP contribution is -2.33. The van der Waals surface area contributed by atoms with Gasteiger partial charge in [-0.2, -0.15) is 0 Å². The molecule has 3 aromatic rings. The Morgan fingerprint density at radius 1 is 1.04 bits per heavy atom. The van der Waals surface area contributed by atoms with Gasteiger partial charge in [0.1, 0.15) is 17.7 Å². The van der Waals surface area contributed by atoms with Gasteiger partial charge >= 0.3 is 0 Å². The van der Waals surface area contributed by atoms with Crippen LogP contribution < -0.4 is 10.1 Å². The maximum absolute atomic E-state index is 10.4. The summed E-state index contributed by atoms with van der Waals surface area (Å²) >= 11 is 6.20. The molecule has 2 N–H and O–H groups in total. The van der Waals surface area contributed by atoms with Crippen LogP contribution in [0.3, 0.4) is 0 Å².